The van der Waals surface area contributed by atoms with Crippen molar-refractivity contribution in [2.45, 2.75) is 56.8 Å². The first-order valence-electron chi connectivity index (χ1n) is 10.9. The molecule has 1 aromatic heterocycles. The molecule has 1 N–H and O–H groups in total. The second-order valence-corrected chi connectivity index (χ2v) is 11.5. The van der Waals surface area contributed by atoms with Crippen LogP contribution in [0.5, 0.6) is 0 Å². The normalized spacial score (nSPS) is 19.8. The number of benzene rings is 1. The topological polar surface area (TPSA) is 90.3 Å². The maximum Gasteiger partial charge on any atom is 0.256 e. The number of carbonyl (C=O) groups excluding carboxylic acids is 1. The second-order valence-electron chi connectivity index (χ2n) is 8.46. The molecular weight excluding hydrogens is 430 g/mol. The highest BCUT2D eigenvalue weighted by Gasteiger charge is 2.27. The molecule has 2 heterocycles. The third-order valence-corrected chi connectivity index (χ3v) is 9.25. The van der Waals surface area contributed by atoms with Gasteiger partial charge in [-0.2, -0.15) is 9.57 Å². The molecule has 1 saturated heterocycles. The van der Waals surface area contributed by atoms with E-state index in [0.29, 0.717) is 35.1 Å². The summed E-state index contributed by atoms with van der Waals surface area (Å²) in [6.07, 6.45) is 6.73. The van der Waals surface area contributed by atoms with E-state index >= 15 is 0 Å². The standard InChI is InChI=1S/C23H27N3O3S2/c1-16-6-11-19-20(15-24)23(30-21(19)14-16)25-22(27)17-7-9-18(10-8-17)31(28,29)26-12-4-2-3-5-13-26/h7-10,16H,2-6,11-14H2,1H3,(H,25,27). The summed E-state index contributed by atoms with van der Waals surface area (Å²) in [4.78, 5) is 14.2. The van der Waals surface area contributed by atoms with Crippen molar-refractivity contribution in [2.24, 2.45) is 5.92 Å². The lowest BCUT2D eigenvalue weighted by atomic mass is 9.88. The van der Waals surface area contributed by atoms with Crippen LogP contribution in [0, 0.1) is 17.2 Å². The number of nitrogens with zero attached hydrogens (tertiary/aromatic N) is 2. The van der Waals surface area contributed by atoms with Gasteiger partial charge in [0.1, 0.15) is 11.1 Å². The molecule has 164 valence electrons. The molecule has 1 atom stereocenters. The smallest absolute Gasteiger partial charge is 0.256 e. The predicted molar refractivity (Wildman–Crippen MR) is 122 cm³/mol. The highest BCUT2D eigenvalue weighted by molar-refractivity contribution is 7.89. The Morgan fingerprint density at radius 3 is 2.48 bits per heavy atom. The Morgan fingerprint density at radius 1 is 1.16 bits per heavy atom. The first-order valence-corrected chi connectivity index (χ1v) is 13.1. The lowest BCUT2D eigenvalue weighted by molar-refractivity contribution is 0.102. The molecule has 4 rings (SSSR count). The van der Waals surface area contributed by atoms with Gasteiger partial charge in [0.15, 0.2) is 0 Å². The molecule has 31 heavy (non-hydrogen) atoms. The van der Waals surface area contributed by atoms with Crippen LogP contribution in [0.15, 0.2) is 29.2 Å². The lowest BCUT2D eigenvalue weighted by Gasteiger charge is -2.20. The average molecular weight is 458 g/mol. The Balaban J connectivity index is 1.51. The highest BCUT2D eigenvalue weighted by Crippen LogP contribution is 2.39. The zero-order chi connectivity index (χ0) is 22.0. The van der Waals surface area contributed by atoms with Gasteiger partial charge in [0.25, 0.3) is 5.91 Å². The third-order valence-electron chi connectivity index (χ3n) is 6.17. The van der Waals surface area contributed by atoms with E-state index in [0.717, 1.165) is 50.5 Å². The van der Waals surface area contributed by atoms with Crippen LogP contribution in [0.25, 0.3) is 0 Å². The van der Waals surface area contributed by atoms with Crippen molar-refractivity contribution in [1.29, 1.82) is 5.26 Å². The molecule has 2 aliphatic rings. The minimum absolute atomic E-state index is 0.212. The van der Waals surface area contributed by atoms with Gasteiger partial charge in [0.2, 0.25) is 10.0 Å². The zero-order valence-electron chi connectivity index (χ0n) is 17.7. The minimum atomic E-state index is -3.54. The molecule has 1 amide bonds. The molecular formula is C23H27N3O3S2. The van der Waals surface area contributed by atoms with Crippen LogP contribution in [0.4, 0.5) is 5.00 Å². The number of sulfonamides is 1. The van der Waals surface area contributed by atoms with Crippen LogP contribution in [0.2, 0.25) is 0 Å². The summed E-state index contributed by atoms with van der Waals surface area (Å²) in [5, 5.41) is 13.1. The van der Waals surface area contributed by atoms with Gasteiger partial charge in [-0.05, 0) is 67.9 Å². The Bertz CT molecular complexity index is 1110. The van der Waals surface area contributed by atoms with Crippen molar-refractivity contribution in [3.8, 4) is 6.07 Å². The van der Waals surface area contributed by atoms with Gasteiger partial charge in [0.05, 0.1) is 10.5 Å². The summed E-state index contributed by atoms with van der Waals surface area (Å²) in [6, 6.07) is 8.35. The minimum Gasteiger partial charge on any atom is -0.312 e. The first-order chi connectivity index (χ1) is 14.9. The molecule has 1 aromatic carbocycles. The van der Waals surface area contributed by atoms with Crippen molar-refractivity contribution < 1.29 is 13.2 Å². The fourth-order valence-corrected chi connectivity index (χ4v) is 7.22. The first kappa shape index (κ1) is 22.0. The SMILES string of the molecule is CC1CCc2c(sc(NC(=O)c3ccc(S(=O)(=O)N4CCCCCC4)cc3)c2C#N)C1. The molecule has 1 unspecified atom stereocenters. The average Bonchev–Trinajstić information content (AvgIpc) is 2.92. The number of fused-ring (bicyclic) bond motifs is 1. The van der Waals surface area contributed by atoms with Gasteiger partial charge in [0, 0.05) is 23.5 Å². The molecule has 1 fully saturated rings. The second kappa shape index (κ2) is 9.11. The number of thiophene rings is 1. The number of carbonyl (C=O) groups is 1. The van der Waals surface area contributed by atoms with Crippen molar-refractivity contribution in [1.82, 2.24) is 4.31 Å². The number of nitriles is 1. The van der Waals surface area contributed by atoms with Crippen LogP contribution in [-0.2, 0) is 22.9 Å². The molecule has 1 aliphatic carbocycles. The number of amides is 1. The molecule has 2 aromatic rings. The summed E-state index contributed by atoms with van der Waals surface area (Å²) in [7, 11) is -3.54. The Labute approximate surface area is 187 Å². The summed E-state index contributed by atoms with van der Waals surface area (Å²) in [6.45, 7) is 3.29. The molecule has 0 bridgehead atoms. The third kappa shape index (κ3) is 4.54. The predicted octanol–water partition coefficient (Wildman–Crippen LogP) is 4.56. The fourth-order valence-electron chi connectivity index (χ4n) is 4.34. The van der Waals surface area contributed by atoms with Crippen molar-refractivity contribution >= 4 is 32.3 Å². The van der Waals surface area contributed by atoms with E-state index in [-0.39, 0.29) is 10.8 Å². The van der Waals surface area contributed by atoms with Gasteiger partial charge in [-0.3, -0.25) is 4.79 Å². The number of hydrogen-bond donors (Lipinski definition) is 1. The van der Waals surface area contributed by atoms with Gasteiger partial charge in [-0.25, -0.2) is 8.42 Å². The molecule has 6 nitrogen and oxygen atoms in total. The van der Waals surface area contributed by atoms with E-state index in [1.54, 1.807) is 16.4 Å². The summed E-state index contributed by atoms with van der Waals surface area (Å²) >= 11 is 1.48. The zero-order valence-corrected chi connectivity index (χ0v) is 19.3. The van der Waals surface area contributed by atoms with Gasteiger partial charge >= 0.3 is 0 Å². The molecule has 8 heteroatoms. The fraction of sp³-hybridized carbons (Fsp3) is 0.478. The van der Waals surface area contributed by atoms with E-state index in [1.807, 2.05) is 0 Å². The van der Waals surface area contributed by atoms with E-state index in [4.69, 9.17) is 0 Å². The Hall–Kier alpha value is -2.21. The van der Waals surface area contributed by atoms with Gasteiger partial charge in [-0.1, -0.05) is 19.8 Å². The Kier molecular flexibility index (Phi) is 6.47. The van der Waals surface area contributed by atoms with Crippen molar-refractivity contribution in [3.63, 3.8) is 0 Å². The van der Waals surface area contributed by atoms with Crippen molar-refractivity contribution in [3.05, 3.63) is 45.8 Å². The summed E-state index contributed by atoms with van der Waals surface area (Å²) in [5.41, 5.74) is 2.01. The molecule has 0 spiro atoms. The van der Waals surface area contributed by atoms with Gasteiger partial charge in [-0.15, -0.1) is 11.3 Å². The number of anilines is 1. The monoisotopic (exact) mass is 457 g/mol. The molecule has 1 aliphatic heterocycles. The van der Waals surface area contributed by atoms with Crippen LogP contribution < -0.4 is 5.32 Å². The Morgan fingerprint density at radius 2 is 1.84 bits per heavy atom. The van der Waals surface area contributed by atoms with E-state index in [2.05, 4.69) is 18.3 Å². The number of nitrogens with one attached hydrogen (secondary N) is 1. The number of hydrogen-bond acceptors (Lipinski definition) is 5. The van der Waals surface area contributed by atoms with Crippen LogP contribution >= 0.6 is 11.3 Å². The summed E-state index contributed by atoms with van der Waals surface area (Å²) in [5.74, 6) is 0.252. The van der Waals surface area contributed by atoms with E-state index in [9.17, 15) is 18.5 Å². The summed E-state index contributed by atoms with van der Waals surface area (Å²) < 4.78 is 27.4. The van der Waals surface area contributed by atoms with Crippen LogP contribution in [0.3, 0.4) is 0 Å². The van der Waals surface area contributed by atoms with Crippen LogP contribution in [0.1, 0.15) is 65.4 Å². The van der Waals surface area contributed by atoms with Crippen LogP contribution in [-0.4, -0.2) is 31.7 Å². The quantitative estimate of drug-likeness (QED) is 0.729. The lowest BCUT2D eigenvalue weighted by Crippen LogP contribution is -2.31. The van der Waals surface area contributed by atoms with Crippen molar-refractivity contribution in [2.75, 3.05) is 18.4 Å². The van der Waals surface area contributed by atoms with E-state index < -0.39 is 10.0 Å². The maximum absolute atomic E-state index is 12.9. The maximum atomic E-state index is 12.9. The molecule has 0 saturated carbocycles. The number of rotatable bonds is 4. The van der Waals surface area contributed by atoms with E-state index in [1.165, 1.54) is 28.3 Å². The molecule has 0 radical (unpaired) electrons. The highest BCUT2D eigenvalue weighted by atomic mass is 32.2. The largest absolute Gasteiger partial charge is 0.312 e. The van der Waals surface area contributed by atoms with Gasteiger partial charge < -0.3 is 5.32 Å².